The Labute approximate surface area is 155 Å². The zero-order valence-electron chi connectivity index (χ0n) is 14.6. The van der Waals surface area contributed by atoms with E-state index in [-0.39, 0.29) is 5.69 Å². The molecule has 142 valence electrons. The number of esters is 1. The second-order valence-electron chi connectivity index (χ2n) is 5.42. The maximum Gasteiger partial charge on any atom is 0.347 e. The molecule has 1 atom stereocenters. The number of carbonyl (C=O) groups is 3. The lowest BCUT2D eigenvalue weighted by Crippen LogP contribution is -2.39. The number of ether oxygens (including phenoxy) is 2. The molecule has 8 heteroatoms. The number of carbonyl (C=O) groups excluding carboxylic acids is 3. The zero-order valence-corrected chi connectivity index (χ0v) is 14.6. The van der Waals surface area contributed by atoms with E-state index in [1.54, 1.807) is 31.2 Å². The monoisotopic (exact) mass is 374 g/mol. The first-order valence-electron chi connectivity index (χ1n) is 8.23. The highest BCUT2D eigenvalue weighted by Crippen LogP contribution is 2.13. The Hall–Kier alpha value is -3.42. The van der Waals surface area contributed by atoms with Crippen molar-refractivity contribution in [3.8, 4) is 5.75 Å². The van der Waals surface area contributed by atoms with Crippen molar-refractivity contribution in [1.29, 1.82) is 0 Å². The van der Waals surface area contributed by atoms with Gasteiger partial charge in [0.15, 0.2) is 12.7 Å². The van der Waals surface area contributed by atoms with E-state index in [0.29, 0.717) is 12.2 Å². The average molecular weight is 374 g/mol. The zero-order chi connectivity index (χ0) is 19.6. The molecule has 0 saturated carbocycles. The van der Waals surface area contributed by atoms with Crippen LogP contribution in [0, 0.1) is 5.82 Å². The molecule has 0 aliphatic carbocycles. The predicted molar refractivity (Wildman–Crippen MR) is 95.7 cm³/mol. The molecule has 2 N–H and O–H groups in total. The molecule has 0 unspecified atom stereocenters. The molecule has 2 rings (SSSR count). The molecule has 0 bridgehead atoms. The standard InChI is InChI=1S/C19H19FN2O5/c1-2-16(27-13-8-4-3-5-9-13)18(24)26-12-17(23)22-19(25)21-15-11-7-6-10-14(15)20/h3-11,16H,2,12H2,1H3,(H2,21,22,23,25)/t16-/m0/s1. The fourth-order valence-corrected chi connectivity index (χ4v) is 2.07. The first-order valence-corrected chi connectivity index (χ1v) is 8.23. The summed E-state index contributed by atoms with van der Waals surface area (Å²) in [7, 11) is 0. The van der Waals surface area contributed by atoms with Crippen molar-refractivity contribution in [3.05, 3.63) is 60.4 Å². The largest absolute Gasteiger partial charge is 0.479 e. The van der Waals surface area contributed by atoms with Gasteiger partial charge in [-0.2, -0.15) is 0 Å². The Morgan fingerprint density at radius 3 is 2.37 bits per heavy atom. The molecule has 27 heavy (non-hydrogen) atoms. The maximum atomic E-state index is 13.4. The van der Waals surface area contributed by atoms with Crippen LogP contribution >= 0.6 is 0 Å². The van der Waals surface area contributed by atoms with Crippen LogP contribution in [0.1, 0.15) is 13.3 Å². The number of para-hydroxylation sites is 2. The van der Waals surface area contributed by atoms with Crippen LogP contribution in [0.25, 0.3) is 0 Å². The number of anilines is 1. The van der Waals surface area contributed by atoms with Gasteiger partial charge in [-0.3, -0.25) is 10.1 Å². The highest BCUT2D eigenvalue weighted by atomic mass is 19.1. The minimum Gasteiger partial charge on any atom is -0.479 e. The molecule has 3 amide bonds. The third kappa shape index (κ3) is 6.43. The van der Waals surface area contributed by atoms with Crippen molar-refractivity contribution < 1.29 is 28.2 Å². The highest BCUT2D eigenvalue weighted by molar-refractivity contribution is 6.01. The van der Waals surface area contributed by atoms with Crippen molar-refractivity contribution in [3.63, 3.8) is 0 Å². The summed E-state index contributed by atoms with van der Waals surface area (Å²) in [6.07, 6.45) is -0.546. The van der Waals surface area contributed by atoms with Crippen molar-refractivity contribution in [1.82, 2.24) is 5.32 Å². The van der Waals surface area contributed by atoms with Gasteiger partial charge in [0, 0.05) is 0 Å². The summed E-state index contributed by atoms with van der Waals surface area (Å²) in [6.45, 7) is 1.06. The van der Waals surface area contributed by atoms with Crippen LogP contribution in [0.15, 0.2) is 54.6 Å². The summed E-state index contributed by atoms with van der Waals surface area (Å²) in [4.78, 5) is 35.4. The van der Waals surface area contributed by atoms with E-state index < -0.39 is 36.4 Å². The molecule has 0 heterocycles. The third-order valence-electron chi connectivity index (χ3n) is 3.38. The molecule has 7 nitrogen and oxygen atoms in total. The van der Waals surface area contributed by atoms with Crippen molar-refractivity contribution in [2.24, 2.45) is 0 Å². The summed E-state index contributed by atoms with van der Waals surface area (Å²) >= 11 is 0. The number of urea groups is 1. The highest BCUT2D eigenvalue weighted by Gasteiger charge is 2.21. The number of hydrogen-bond donors (Lipinski definition) is 2. The minimum atomic E-state index is -0.936. The van der Waals surface area contributed by atoms with Gasteiger partial charge >= 0.3 is 12.0 Å². The molecule has 0 saturated heterocycles. The molecule has 2 aromatic rings. The summed E-state index contributed by atoms with van der Waals surface area (Å²) in [5.74, 6) is -1.73. The fourth-order valence-electron chi connectivity index (χ4n) is 2.07. The summed E-state index contributed by atoms with van der Waals surface area (Å²) in [6, 6.07) is 13.3. The van der Waals surface area contributed by atoms with Gasteiger partial charge in [-0.25, -0.2) is 14.0 Å². The second-order valence-corrected chi connectivity index (χ2v) is 5.42. The van der Waals surface area contributed by atoms with E-state index in [2.05, 4.69) is 5.32 Å². The van der Waals surface area contributed by atoms with Crippen LogP contribution in [-0.4, -0.2) is 30.6 Å². The molecule has 0 fully saturated rings. The Morgan fingerprint density at radius 2 is 1.70 bits per heavy atom. The lowest BCUT2D eigenvalue weighted by atomic mass is 10.2. The number of rotatable bonds is 7. The first-order chi connectivity index (χ1) is 13.0. The lowest BCUT2D eigenvalue weighted by molar-refractivity contribution is -0.155. The molecule has 0 radical (unpaired) electrons. The predicted octanol–water partition coefficient (Wildman–Crippen LogP) is 2.87. The van der Waals surface area contributed by atoms with Crippen molar-refractivity contribution >= 4 is 23.6 Å². The van der Waals surface area contributed by atoms with Crippen LogP contribution in [-0.2, 0) is 14.3 Å². The molecule has 0 aromatic heterocycles. The Bertz CT molecular complexity index is 798. The Kier molecular flexibility index (Phi) is 7.30. The van der Waals surface area contributed by atoms with Crippen LogP contribution in [0.5, 0.6) is 5.75 Å². The summed E-state index contributed by atoms with van der Waals surface area (Å²) < 4.78 is 23.8. The summed E-state index contributed by atoms with van der Waals surface area (Å²) in [5, 5.41) is 4.13. The number of hydrogen-bond acceptors (Lipinski definition) is 5. The van der Waals surface area contributed by atoms with Gasteiger partial charge in [-0.15, -0.1) is 0 Å². The normalized spacial score (nSPS) is 11.2. The van der Waals surface area contributed by atoms with Gasteiger partial charge in [0.2, 0.25) is 0 Å². The van der Waals surface area contributed by atoms with Crippen LogP contribution < -0.4 is 15.4 Å². The Morgan fingerprint density at radius 1 is 1.04 bits per heavy atom. The van der Waals surface area contributed by atoms with E-state index in [4.69, 9.17) is 9.47 Å². The maximum absolute atomic E-state index is 13.4. The van der Waals surface area contributed by atoms with E-state index >= 15 is 0 Å². The van der Waals surface area contributed by atoms with Gasteiger partial charge in [0.05, 0.1) is 5.69 Å². The second kappa shape index (κ2) is 9.91. The number of amides is 3. The quantitative estimate of drug-likeness (QED) is 0.727. The van der Waals surface area contributed by atoms with E-state index in [9.17, 15) is 18.8 Å². The number of benzene rings is 2. The number of halogens is 1. The molecule has 0 spiro atoms. The minimum absolute atomic E-state index is 0.0814. The lowest BCUT2D eigenvalue weighted by Gasteiger charge is -2.16. The van der Waals surface area contributed by atoms with Gasteiger partial charge < -0.3 is 14.8 Å². The average Bonchev–Trinajstić information content (AvgIpc) is 2.66. The molecular weight excluding hydrogens is 355 g/mol. The van der Waals surface area contributed by atoms with E-state index in [1.807, 2.05) is 11.4 Å². The molecular formula is C19H19FN2O5. The number of nitrogens with one attached hydrogen (secondary N) is 2. The van der Waals surface area contributed by atoms with Crippen LogP contribution in [0.4, 0.5) is 14.9 Å². The molecule has 0 aliphatic heterocycles. The third-order valence-corrected chi connectivity index (χ3v) is 3.38. The molecule has 0 aliphatic rings. The van der Waals surface area contributed by atoms with E-state index in [0.717, 1.165) is 6.07 Å². The van der Waals surface area contributed by atoms with Gasteiger partial charge in [-0.1, -0.05) is 37.3 Å². The fraction of sp³-hybridized carbons (Fsp3) is 0.211. The SMILES string of the molecule is CC[C@H](Oc1ccccc1)C(=O)OCC(=O)NC(=O)Nc1ccccc1F. The van der Waals surface area contributed by atoms with Gasteiger partial charge in [-0.05, 0) is 30.7 Å². The Balaban J connectivity index is 1.79. The van der Waals surface area contributed by atoms with Crippen LogP contribution in [0.3, 0.4) is 0 Å². The topological polar surface area (TPSA) is 93.7 Å². The summed E-state index contributed by atoms with van der Waals surface area (Å²) in [5.41, 5.74) is -0.0814. The van der Waals surface area contributed by atoms with Crippen LogP contribution in [0.2, 0.25) is 0 Å². The van der Waals surface area contributed by atoms with Crippen molar-refractivity contribution in [2.45, 2.75) is 19.4 Å². The smallest absolute Gasteiger partial charge is 0.347 e. The van der Waals surface area contributed by atoms with E-state index in [1.165, 1.54) is 18.2 Å². The molecule has 2 aromatic carbocycles. The van der Waals surface area contributed by atoms with Crippen molar-refractivity contribution in [2.75, 3.05) is 11.9 Å². The van der Waals surface area contributed by atoms with Gasteiger partial charge in [0.1, 0.15) is 11.6 Å². The van der Waals surface area contributed by atoms with Gasteiger partial charge in [0.25, 0.3) is 5.91 Å². The number of imide groups is 1. The first kappa shape index (κ1) is 19.9.